The van der Waals surface area contributed by atoms with Gasteiger partial charge < -0.3 is 5.73 Å². The molecular weight excluding hydrogens is 254 g/mol. The molecule has 15 heavy (non-hydrogen) atoms. The van der Waals surface area contributed by atoms with Gasteiger partial charge in [-0.15, -0.1) is 0 Å². The van der Waals surface area contributed by atoms with Crippen LogP contribution in [0.15, 0.2) is 35.1 Å². The van der Waals surface area contributed by atoms with E-state index in [2.05, 4.69) is 21.0 Å². The van der Waals surface area contributed by atoms with Crippen LogP contribution in [0.5, 0.6) is 0 Å². The molecule has 2 N–H and O–H groups in total. The first kappa shape index (κ1) is 10.4. The first-order valence-electron chi connectivity index (χ1n) is 4.71. The molecule has 4 heteroatoms. The Morgan fingerprint density at radius 2 is 2.27 bits per heavy atom. The van der Waals surface area contributed by atoms with Gasteiger partial charge in [0.1, 0.15) is 0 Å². The number of halogens is 1. The zero-order valence-corrected chi connectivity index (χ0v) is 10.0. The van der Waals surface area contributed by atoms with Crippen LogP contribution in [0.1, 0.15) is 11.1 Å². The summed E-state index contributed by atoms with van der Waals surface area (Å²) in [6.07, 6.45) is 3.83. The lowest BCUT2D eigenvalue weighted by atomic mass is 10.2. The van der Waals surface area contributed by atoms with E-state index in [1.807, 2.05) is 42.2 Å². The lowest BCUT2D eigenvalue weighted by molar-refractivity contribution is 0.875. The fourth-order valence-corrected chi connectivity index (χ4v) is 1.82. The predicted molar refractivity (Wildman–Crippen MR) is 63.9 cm³/mol. The highest BCUT2D eigenvalue weighted by molar-refractivity contribution is 9.10. The number of benzene rings is 1. The second kappa shape index (κ2) is 4.16. The van der Waals surface area contributed by atoms with E-state index in [0.717, 1.165) is 21.3 Å². The van der Waals surface area contributed by atoms with Crippen molar-refractivity contribution in [1.82, 2.24) is 9.78 Å². The number of aromatic nitrogens is 2. The molecule has 0 bridgehead atoms. The van der Waals surface area contributed by atoms with Gasteiger partial charge in [-0.25, -0.2) is 4.68 Å². The van der Waals surface area contributed by atoms with Crippen LogP contribution in [-0.4, -0.2) is 9.78 Å². The Morgan fingerprint density at radius 3 is 2.87 bits per heavy atom. The molecule has 2 rings (SSSR count). The number of rotatable bonds is 2. The van der Waals surface area contributed by atoms with Gasteiger partial charge in [0.05, 0.1) is 11.9 Å². The smallest absolute Gasteiger partial charge is 0.0649 e. The Morgan fingerprint density at radius 1 is 1.47 bits per heavy atom. The zero-order valence-electron chi connectivity index (χ0n) is 8.44. The van der Waals surface area contributed by atoms with Gasteiger partial charge in [-0.3, -0.25) is 0 Å². The van der Waals surface area contributed by atoms with Gasteiger partial charge in [-0.05, 0) is 36.2 Å². The van der Waals surface area contributed by atoms with Crippen LogP contribution in [0, 0.1) is 6.92 Å². The fourth-order valence-electron chi connectivity index (χ4n) is 1.41. The molecule has 2 aromatic rings. The summed E-state index contributed by atoms with van der Waals surface area (Å²) in [6, 6.07) is 6.04. The maximum atomic E-state index is 5.64. The van der Waals surface area contributed by atoms with E-state index in [-0.39, 0.29) is 0 Å². The van der Waals surface area contributed by atoms with E-state index in [4.69, 9.17) is 5.73 Å². The molecule has 1 aromatic carbocycles. The summed E-state index contributed by atoms with van der Waals surface area (Å²) in [6.45, 7) is 2.54. The van der Waals surface area contributed by atoms with Gasteiger partial charge in [0, 0.05) is 17.2 Å². The summed E-state index contributed by atoms with van der Waals surface area (Å²) >= 11 is 3.46. The monoisotopic (exact) mass is 265 g/mol. The molecule has 78 valence electrons. The standard InChI is InChI=1S/C11H12BrN3/c1-8-6-14-15(7-8)10-2-3-11(12)9(4-10)5-13/h2-4,6-7H,5,13H2,1H3. The van der Waals surface area contributed by atoms with Gasteiger partial charge in [0.25, 0.3) is 0 Å². The maximum Gasteiger partial charge on any atom is 0.0649 e. The third-order valence-electron chi connectivity index (χ3n) is 2.23. The molecule has 0 aliphatic heterocycles. The SMILES string of the molecule is Cc1cnn(-c2ccc(Br)c(CN)c2)c1. The number of aryl methyl sites for hydroxylation is 1. The van der Waals surface area contributed by atoms with E-state index in [1.54, 1.807) is 0 Å². The molecular formula is C11H12BrN3. The summed E-state index contributed by atoms with van der Waals surface area (Å²) in [5.74, 6) is 0. The Labute approximate surface area is 97.0 Å². The first-order valence-corrected chi connectivity index (χ1v) is 5.50. The van der Waals surface area contributed by atoms with E-state index in [9.17, 15) is 0 Å². The summed E-state index contributed by atoms with van der Waals surface area (Å²) in [5.41, 5.74) is 8.91. The lowest BCUT2D eigenvalue weighted by Crippen LogP contribution is -2.00. The van der Waals surface area contributed by atoms with Crippen LogP contribution in [-0.2, 0) is 6.54 Å². The minimum Gasteiger partial charge on any atom is -0.326 e. The Hall–Kier alpha value is -1.13. The number of hydrogen-bond acceptors (Lipinski definition) is 2. The normalized spacial score (nSPS) is 10.6. The topological polar surface area (TPSA) is 43.8 Å². The highest BCUT2D eigenvalue weighted by atomic mass is 79.9. The molecule has 0 atom stereocenters. The summed E-state index contributed by atoms with van der Waals surface area (Å²) in [7, 11) is 0. The van der Waals surface area contributed by atoms with E-state index in [1.165, 1.54) is 0 Å². The van der Waals surface area contributed by atoms with Crippen LogP contribution >= 0.6 is 15.9 Å². The zero-order chi connectivity index (χ0) is 10.8. The van der Waals surface area contributed by atoms with Crippen molar-refractivity contribution in [2.75, 3.05) is 0 Å². The maximum absolute atomic E-state index is 5.64. The molecule has 0 fully saturated rings. The van der Waals surface area contributed by atoms with Gasteiger partial charge in [0.2, 0.25) is 0 Å². The van der Waals surface area contributed by atoms with Crippen molar-refractivity contribution in [2.45, 2.75) is 13.5 Å². The number of hydrogen-bond donors (Lipinski definition) is 1. The van der Waals surface area contributed by atoms with E-state index >= 15 is 0 Å². The molecule has 0 unspecified atom stereocenters. The summed E-state index contributed by atoms with van der Waals surface area (Å²) in [5, 5.41) is 4.25. The van der Waals surface area contributed by atoms with Crippen LogP contribution in [0.3, 0.4) is 0 Å². The van der Waals surface area contributed by atoms with E-state index in [0.29, 0.717) is 6.54 Å². The minimum absolute atomic E-state index is 0.522. The van der Waals surface area contributed by atoms with Crippen LogP contribution < -0.4 is 5.73 Å². The second-order valence-corrected chi connectivity index (χ2v) is 4.30. The summed E-state index contributed by atoms with van der Waals surface area (Å²) < 4.78 is 2.89. The molecule has 0 amide bonds. The average molecular weight is 266 g/mol. The van der Waals surface area contributed by atoms with Crippen LogP contribution in [0.25, 0.3) is 5.69 Å². The molecule has 1 heterocycles. The Balaban J connectivity index is 2.45. The minimum atomic E-state index is 0.522. The largest absolute Gasteiger partial charge is 0.326 e. The van der Waals surface area contributed by atoms with Gasteiger partial charge in [0.15, 0.2) is 0 Å². The van der Waals surface area contributed by atoms with Gasteiger partial charge in [-0.2, -0.15) is 5.10 Å². The molecule has 3 nitrogen and oxygen atoms in total. The predicted octanol–water partition coefficient (Wildman–Crippen LogP) is 2.40. The van der Waals surface area contributed by atoms with Crippen molar-refractivity contribution in [3.63, 3.8) is 0 Å². The highest BCUT2D eigenvalue weighted by Crippen LogP contribution is 2.19. The highest BCUT2D eigenvalue weighted by Gasteiger charge is 2.02. The quantitative estimate of drug-likeness (QED) is 0.907. The third-order valence-corrected chi connectivity index (χ3v) is 3.00. The Bertz CT molecular complexity index is 476. The molecule has 0 saturated carbocycles. The molecule has 0 radical (unpaired) electrons. The fraction of sp³-hybridized carbons (Fsp3) is 0.182. The van der Waals surface area contributed by atoms with Crippen molar-refractivity contribution < 1.29 is 0 Å². The number of nitrogens with two attached hydrogens (primary N) is 1. The van der Waals surface area contributed by atoms with Crippen molar-refractivity contribution in [2.24, 2.45) is 5.73 Å². The lowest BCUT2D eigenvalue weighted by Gasteiger charge is -2.05. The van der Waals surface area contributed by atoms with Crippen molar-refractivity contribution in [3.8, 4) is 5.69 Å². The van der Waals surface area contributed by atoms with Crippen LogP contribution in [0.4, 0.5) is 0 Å². The van der Waals surface area contributed by atoms with Crippen molar-refractivity contribution >= 4 is 15.9 Å². The second-order valence-electron chi connectivity index (χ2n) is 3.44. The van der Waals surface area contributed by atoms with Gasteiger partial charge >= 0.3 is 0 Å². The Kier molecular flexibility index (Phi) is 2.88. The van der Waals surface area contributed by atoms with Crippen LogP contribution in [0.2, 0.25) is 0 Å². The molecule has 1 aromatic heterocycles. The van der Waals surface area contributed by atoms with Gasteiger partial charge in [-0.1, -0.05) is 15.9 Å². The third kappa shape index (κ3) is 2.11. The van der Waals surface area contributed by atoms with E-state index < -0.39 is 0 Å². The molecule has 0 aliphatic rings. The molecule has 0 saturated heterocycles. The van der Waals surface area contributed by atoms with Crippen molar-refractivity contribution in [1.29, 1.82) is 0 Å². The average Bonchev–Trinajstić information content (AvgIpc) is 2.66. The molecule has 0 aliphatic carbocycles. The van der Waals surface area contributed by atoms with Crippen molar-refractivity contribution in [3.05, 3.63) is 46.2 Å². The first-order chi connectivity index (χ1) is 7.20. The summed E-state index contributed by atoms with van der Waals surface area (Å²) in [4.78, 5) is 0. The number of nitrogens with zero attached hydrogens (tertiary/aromatic N) is 2. The molecule has 0 spiro atoms.